The van der Waals surface area contributed by atoms with E-state index in [0.717, 1.165) is 38.2 Å². The maximum atomic E-state index is 13.4. The highest BCUT2D eigenvalue weighted by atomic mass is 16.2. The minimum absolute atomic E-state index is 0.119. The first-order valence-corrected chi connectivity index (χ1v) is 11.3. The summed E-state index contributed by atoms with van der Waals surface area (Å²) in [6.07, 6.45) is 1.53. The molecule has 1 fully saturated rings. The number of benzene rings is 3. The highest BCUT2D eigenvalue weighted by Crippen LogP contribution is 2.28. The van der Waals surface area contributed by atoms with Gasteiger partial charge in [0.25, 0.3) is 11.8 Å². The molecule has 0 aliphatic carbocycles. The Bertz CT molecular complexity index is 1570. The molecule has 7 nitrogen and oxygen atoms in total. The smallest absolute Gasteiger partial charge is 0.273 e. The fraction of sp³-hybridized carbons (Fsp3) is 0.143. The van der Waals surface area contributed by atoms with E-state index in [4.69, 9.17) is 5.10 Å². The second-order valence-corrected chi connectivity index (χ2v) is 8.72. The molecule has 0 unspecified atom stereocenters. The van der Waals surface area contributed by atoms with Crippen molar-refractivity contribution in [1.29, 1.82) is 0 Å². The fourth-order valence-electron chi connectivity index (χ4n) is 4.39. The summed E-state index contributed by atoms with van der Waals surface area (Å²) >= 11 is 0. The Balaban J connectivity index is 1.60. The monoisotopic (exact) mass is 464 g/mol. The lowest BCUT2D eigenvalue weighted by atomic mass is 10.0. The third-order valence-corrected chi connectivity index (χ3v) is 6.48. The van der Waals surface area contributed by atoms with Crippen LogP contribution in [0.3, 0.4) is 0 Å². The largest absolute Gasteiger partial charge is 0.335 e. The number of amides is 4. The Labute approximate surface area is 202 Å². The molecule has 1 aliphatic rings. The standard InChI is InChI=1S/C28H24N4O3/c1-16-12-13-21(14-17(16)2)31-27(34)24(26(33)29-28(31)35)15-23-18(3)30-32(19(23)4)25-11-7-9-20-8-5-6-10-22(20)25/h5-15H,1-4H3,(H,29,33,35)/b24-15+. The van der Waals surface area contributed by atoms with E-state index < -0.39 is 17.8 Å². The minimum atomic E-state index is -0.764. The van der Waals surface area contributed by atoms with Gasteiger partial charge in [0, 0.05) is 16.6 Å². The number of aromatic nitrogens is 2. The number of nitrogens with zero attached hydrogens (tertiary/aromatic N) is 3. The number of anilines is 1. The number of urea groups is 1. The van der Waals surface area contributed by atoms with Gasteiger partial charge < -0.3 is 0 Å². The average molecular weight is 465 g/mol. The number of rotatable bonds is 3. The van der Waals surface area contributed by atoms with Crippen molar-refractivity contribution in [1.82, 2.24) is 15.1 Å². The lowest BCUT2D eigenvalue weighted by Crippen LogP contribution is -2.54. The highest BCUT2D eigenvalue weighted by molar-refractivity contribution is 6.39. The van der Waals surface area contributed by atoms with Gasteiger partial charge in [0.2, 0.25) is 0 Å². The zero-order valence-corrected chi connectivity index (χ0v) is 19.9. The van der Waals surface area contributed by atoms with Crippen molar-refractivity contribution in [3.8, 4) is 5.69 Å². The molecule has 3 aromatic carbocycles. The van der Waals surface area contributed by atoms with E-state index in [1.165, 1.54) is 6.08 Å². The number of hydrogen-bond acceptors (Lipinski definition) is 4. The van der Waals surface area contributed by atoms with Gasteiger partial charge in [-0.3, -0.25) is 14.9 Å². The Morgan fingerprint density at radius 2 is 1.60 bits per heavy atom. The first kappa shape index (κ1) is 22.3. The predicted molar refractivity (Wildman–Crippen MR) is 135 cm³/mol. The van der Waals surface area contributed by atoms with E-state index in [1.807, 2.05) is 80.9 Å². The van der Waals surface area contributed by atoms with E-state index in [2.05, 4.69) is 5.32 Å². The molecule has 0 bridgehead atoms. The molecule has 1 aliphatic heterocycles. The Morgan fingerprint density at radius 1 is 0.857 bits per heavy atom. The third-order valence-electron chi connectivity index (χ3n) is 6.48. The van der Waals surface area contributed by atoms with E-state index in [0.29, 0.717) is 16.9 Å². The van der Waals surface area contributed by atoms with Gasteiger partial charge in [0.15, 0.2) is 0 Å². The van der Waals surface area contributed by atoms with Crippen LogP contribution in [-0.4, -0.2) is 27.6 Å². The van der Waals surface area contributed by atoms with Gasteiger partial charge in [0.1, 0.15) is 5.57 Å². The molecule has 1 N–H and O–H groups in total. The SMILES string of the molecule is Cc1ccc(N2C(=O)NC(=O)/C(=C\c3c(C)nn(-c4cccc5ccccc45)c3C)C2=O)cc1C. The number of nitrogens with one attached hydrogen (secondary N) is 1. The summed E-state index contributed by atoms with van der Waals surface area (Å²) < 4.78 is 1.82. The zero-order chi connectivity index (χ0) is 24.9. The summed E-state index contributed by atoms with van der Waals surface area (Å²) in [7, 11) is 0. The van der Waals surface area contributed by atoms with Crippen molar-refractivity contribution >= 4 is 40.4 Å². The van der Waals surface area contributed by atoms with Crippen molar-refractivity contribution < 1.29 is 14.4 Å². The van der Waals surface area contributed by atoms with E-state index in [9.17, 15) is 14.4 Å². The Kier molecular flexibility index (Phi) is 5.32. The van der Waals surface area contributed by atoms with Crippen LogP contribution in [0, 0.1) is 27.7 Å². The number of hydrogen-bond donors (Lipinski definition) is 1. The van der Waals surface area contributed by atoms with Crippen molar-refractivity contribution in [2.45, 2.75) is 27.7 Å². The van der Waals surface area contributed by atoms with Crippen LogP contribution in [0.2, 0.25) is 0 Å². The maximum absolute atomic E-state index is 13.4. The van der Waals surface area contributed by atoms with Crippen molar-refractivity contribution in [2.24, 2.45) is 0 Å². The number of carbonyl (C=O) groups excluding carboxylic acids is 3. The molecule has 0 saturated carbocycles. The summed E-state index contributed by atoms with van der Waals surface area (Å²) in [6.45, 7) is 7.58. The second-order valence-electron chi connectivity index (χ2n) is 8.72. The number of fused-ring (bicyclic) bond motifs is 1. The van der Waals surface area contributed by atoms with Crippen LogP contribution in [0.5, 0.6) is 0 Å². The molecule has 0 atom stereocenters. The number of barbiturate groups is 1. The van der Waals surface area contributed by atoms with Crippen LogP contribution in [0.15, 0.2) is 66.2 Å². The molecule has 1 saturated heterocycles. The molecule has 2 heterocycles. The summed E-state index contributed by atoms with van der Waals surface area (Å²) in [5.41, 5.74) is 5.27. The molecule has 4 aromatic rings. The average Bonchev–Trinajstić information content (AvgIpc) is 3.11. The lowest BCUT2D eigenvalue weighted by molar-refractivity contribution is -0.122. The van der Waals surface area contributed by atoms with Gasteiger partial charge in [-0.05, 0) is 68.5 Å². The minimum Gasteiger partial charge on any atom is -0.273 e. The maximum Gasteiger partial charge on any atom is 0.335 e. The molecular weight excluding hydrogens is 440 g/mol. The molecular formula is C28H24N4O3. The van der Waals surface area contributed by atoms with Gasteiger partial charge in [-0.2, -0.15) is 5.10 Å². The molecule has 4 amide bonds. The summed E-state index contributed by atoms with van der Waals surface area (Å²) in [4.78, 5) is 39.7. The van der Waals surface area contributed by atoms with E-state index in [1.54, 1.807) is 12.1 Å². The van der Waals surface area contributed by atoms with E-state index >= 15 is 0 Å². The molecule has 5 rings (SSSR count). The van der Waals surface area contributed by atoms with Crippen LogP contribution < -0.4 is 10.2 Å². The number of imide groups is 2. The predicted octanol–water partition coefficient (Wildman–Crippen LogP) is 4.93. The first-order valence-electron chi connectivity index (χ1n) is 11.3. The van der Waals surface area contributed by atoms with Gasteiger partial charge in [0.05, 0.1) is 17.1 Å². The van der Waals surface area contributed by atoms with Gasteiger partial charge in [-0.25, -0.2) is 14.4 Å². The van der Waals surface area contributed by atoms with Crippen molar-refractivity contribution in [3.05, 3.63) is 94.3 Å². The molecule has 0 radical (unpaired) electrons. The second kappa shape index (κ2) is 8.36. The fourth-order valence-corrected chi connectivity index (χ4v) is 4.39. The van der Waals surface area contributed by atoms with Crippen LogP contribution in [-0.2, 0) is 9.59 Å². The lowest BCUT2D eigenvalue weighted by Gasteiger charge is -2.26. The number of carbonyl (C=O) groups is 3. The summed E-state index contributed by atoms with van der Waals surface area (Å²) in [5.74, 6) is -1.39. The Morgan fingerprint density at radius 3 is 2.37 bits per heavy atom. The molecule has 7 heteroatoms. The first-order chi connectivity index (χ1) is 16.8. The quantitative estimate of drug-likeness (QED) is 0.344. The summed E-state index contributed by atoms with van der Waals surface area (Å²) in [5, 5.41) is 9.13. The third kappa shape index (κ3) is 3.71. The topological polar surface area (TPSA) is 84.3 Å². The molecule has 1 aromatic heterocycles. The summed E-state index contributed by atoms with van der Waals surface area (Å²) in [6, 6.07) is 18.6. The van der Waals surface area contributed by atoms with Crippen LogP contribution in [0.1, 0.15) is 28.1 Å². The molecule has 35 heavy (non-hydrogen) atoms. The zero-order valence-electron chi connectivity index (χ0n) is 19.9. The Hall–Kier alpha value is -4.52. The highest BCUT2D eigenvalue weighted by Gasteiger charge is 2.37. The van der Waals surface area contributed by atoms with Crippen molar-refractivity contribution in [3.63, 3.8) is 0 Å². The number of aryl methyl sites for hydroxylation is 3. The van der Waals surface area contributed by atoms with Crippen LogP contribution >= 0.6 is 0 Å². The van der Waals surface area contributed by atoms with Crippen LogP contribution in [0.25, 0.3) is 22.5 Å². The van der Waals surface area contributed by atoms with E-state index in [-0.39, 0.29) is 5.57 Å². The van der Waals surface area contributed by atoms with Gasteiger partial charge in [-0.15, -0.1) is 0 Å². The normalized spacial score (nSPS) is 15.3. The molecule has 0 spiro atoms. The van der Waals surface area contributed by atoms with Crippen LogP contribution in [0.4, 0.5) is 10.5 Å². The van der Waals surface area contributed by atoms with Gasteiger partial charge in [-0.1, -0.05) is 42.5 Å². The van der Waals surface area contributed by atoms with Crippen molar-refractivity contribution in [2.75, 3.05) is 4.90 Å². The van der Waals surface area contributed by atoms with Gasteiger partial charge >= 0.3 is 6.03 Å². The molecule has 174 valence electrons.